The van der Waals surface area contributed by atoms with Gasteiger partial charge in [0.2, 0.25) is 5.95 Å². The molecule has 1 aromatic carbocycles. The maximum atomic E-state index is 12.2. The van der Waals surface area contributed by atoms with E-state index in [1.165, 1.54) is 0 Å². The number of H-pyrrole nitrogens is 2. The van der Waals surface area contributed by atoms with Crippen molar-refractivity contribution in [1.82, 2.24) is 25.5 Å². The van der Waals surface area contributed by atoms with Crippen LogP contribution in [0.25, 0.3) is 11.3 Å². The second kappa shape index (κ2) is 7.01. The molecule has 0 saturated carbocycles. The lowest BCUT2D eigenvalue weighted by atomic mass is 10.1. The van der Waals surface area contributed by atoms with Crippen LogP contribution in [0.3, 0.4) is 0 Å². The van der Waals surface area contributed by atoms with E-state index in [9.17, 15) is 4.79 Å². The smallest absolute Gasteiger partial charge is 0.255 e. The molecule has 0 unspecified atom stereocenters. The van der Waals surface area contributed by atoms with Crippen LogP contribution in [-0.2, 0) is 19.5 Å². The summed E-state index contributed by atoms with van der Waals surface area (Å²) in [4.78, 5) is 19.5. The normalized spacial score (nSPS) is 13.3. The van der Waals surface area contributed by atoms with E-state index in [-0.39, 0.29) is 5.56 Å². The number of benzene rings is 1. The third kappa shape index (κ3) is 3.18. The van der Waals surface area contributed by atoms with Gasteiger partial charge in [0.15, 0.2) is 0 Å². The summed E-state index contributed by atoms with van der Waals surface area (Å²) >= 11 is 0. The number of rotatable bonds is 5. The zero-order valence-electron chi connectivity index (χ0n) is 14.4. The number of nitrogens with one attached hydrogen (secondary N) is 4. The second-order valence-corrected chi connectivity index (χ2v) is 6.12. The summed E-state index contributed by atoms with van der Waals surface area (Å²) < 4.78 is 5.19. The number of aromatic amines is 2. The lowest BCUT2D eigenvalue weighted by molar-refractivity contribution is 0.415. The Balaban J connectivity index is 1.53. The maximum absolute atomic E-state index is 12.2. The van der Waals surface area contributed by atoms with Gasteiger partial charge in [0.1, 0.15) is 5.75 Å². The second-order valence-electron chi connectivity index (χ2n) is 6.12. The summed E-state index contributed by atoms with van der Waals surface area (Å²) in [6, 6.07) is 7.76. The average molecular weight is 352 g/mol. The van der Waals surface area contributed by atoms with E-state index in [1.807, 2.05) is 24.3 Å². The standard InChI is InChI=1S/C18H20N6O2/c1-26-13-4-2-11(3-5-13)16-12(9-21-24-16)8-20-18-22-15-10-19-7-6-14(15)17(25)23-18/h2-5,9,19H,6-8,10H2,1H3,(H,21,24)(H2,20,22,23,25). The highest BCUT2D eigenvalue weighted by Crippen LogP contribution is 2.24. The molecule has 0 amide bonds. The molecular formula is C18H20N6O2. The Morgan fingerprint density at radius 2 is 2.12 bits per heavy atom. The van der Waals surface area contributed by atoms with E-state index in [0.29, 0.717) is 25.5 Å². The molecule has 4 rings (SSSR count). The molecule has 0 aliphatic carbocycles. The quantitative estimate of drug-likeness (QED) is 0.553. The largest absolute Gasteiger partial charge is 0.497 e. The average Bonchev–Trinajstić information content (AvgIpc) is 3.15. The van der Waals surface area contributed by atoms with Gasteiger partial charge in [0.25, 0.3) is 5.56 Å². The Bertz CT molecular complexity index is 961. The fraction of sp³-hybridized carbons (Fsp3) is 0.278. The van der Waals surface area contributed by atoms with E-state index < -0.39 is 0 Å². The van der Waals surface area contributed by atoms with Crippen LogP contribution < -0.4 is 20.9 Å². The maximum Gasteiger partial charge on any atom is 0.255 e. The number of nitrogens with zero attached hydrogens (tertiary/aromatic N) is 2. The molecule has 26 heavy (non-hydrogen) atoms. The monoisotopic (exact) mass is 352 g/mol. The third-order valence-electron chi connectivity index (χ3n) is 4.49. The number of anilines is 1. The van der Waals surface area contributed by atoms with Crippen molar-refractivity contribution in [3.8, 4) is 17.0 Å². The van der Waals surface area contributed by atoms with E-state index in [2.05, 4.69) is 30.8 Å². The lowest BCUT2D eigenvalue weighted by Gasteiger charge is -2.16. The van der Waals surface area contributed by atoms with Crippen molar-refractivity contribution in [2.75, 3.05) is 19.0 Å². The van der Waals surface area contributed by atoms with Crippen molar-refractivity contribution in [3.05, 3.63) is 57.6 Å². The first-order valence-corrected chi connectivity index (χ1v) is 8.48. The molecule has 0 spiro atoms. The van der Waals surface area contributed by atoms with Crippen molar-refractivity contribution in [3.63, 3.8) is 0 Å². The predicted octanol–water partition coefficient (Wildman–Crippen LogP) is 1.43. The predicted molar refractivity (Wildman–Crippen MR) is 98.2 cm³/mol. The molecule has 1 aliphatic rings. The molecule has 3 aromatic rings. The van der Waals surface area contributed by atoms with E-state index in [4.69, 9.17) is 4.74 Å². The number of aromatic nitrogens is 4. The zero-order valence-corrected chi connectivity index (χ0v) is 14.4. The van der Waals surface area contributed by atoms with Gasteiger partial charge in [-0.3, -0.25) is 14.9 Å². The van der Waals surface area contributed by atoms with Gasteiger partial charge in [-0.2, -0.15) is 5.10 Å². The van der Waals surface area contributed by atoms with Crippen LogP contribution >= 0.6 is 0 Å². The molecule has 1 aliphatic heterocycles. The van der Waals surface area contributed by atoms with Gasteiger partial charge in [-0.25, -0.2) is 4.98 Å². The highest BCUT2D eigenvalue weighted by molar-refractivity contribution is 5.63. The van der Waals surface area contributed by atoms with Gasteiger partial charge in [-0.05, 0) is 37.2 Å². The fourth-order valence-electron chi connectivity index (χ4n) is 3.08. The SMILES string of the molecule is COc1ccc(-c2[nH]ncc2CNc2nc3c(c(=O)[nH]2)CCNC3)cc1. The zero-order chi connectivity index (χ0) is 17.9. The van der Waals surface area contributed by atoms with Gasteiger partial charge in [-0.1, -0.05) is 0 Å². The summed E-state index contributed by atoms with van der Waals surface area (Å²) in [6.45, 7) is 1.93. The molecule has 0 bridgehead atoms. The van der Waals surface area contributed by atoms with Crippen LogP contribution in [0.1, 0.15) is 16.8 Å². The Kier molecular flexibility index (Phi) is 4.40. The van der Waals surface area contributed by atoms with Crippen LogP contribution in [0.4, 0.5) is 5.95 Å². The van der Waals surface area contributed by atoms with Crippen LogP contribution in [0.5, 0.6) is 5.75 Å². The van der Waals surface area contributed by atoms with E-state index in [1.54, 1.807) is 13.3 Å². The number of methoxy groups -OCH3 is 1. The molecule has 0 fully saturated rings. The number of hydrogen-bond acceptors (Lipinski definition) is 6. The van der Waals surface area contributed by atoms with Crippen LogP contribution in [0.15, 0.2) is 35.3 Å². The molecule has 0 atom stereocenters. The number of ether oxygens (including phenoxy) is 1. The molecule has 3 heterocycles. The Hall–Kier alpha value is -3.13. The molecule has 134 valence electrons. The Morgan fingerprint density at radius 1 is 1.27 bits per heavy atom. The minimum Gasteiger partial charge on any atom is -0.497 e. The van der Waals surface area contributed by atoms with Crippen molar-refractivity contribution >= 4 is 5.95 Å². The molecule has 0 radical (unpaired) electrons. The Labute approximate surface area is 150 Å². The van der Waals surface area contributed by atoms with Crippen LogP contribution in [0.2, 0.25) is 0 Å². The molecule has 0 saturated heterocycles. The minimum atomic E-state index is -0.0680. The Morgan fingerprint density at radius 3 is 2.92 bits per heavy atom. The van der Waals surface area contributed by atoms with Crippen LogP contribution in [-0.4, -0.2) is 33.8 Å². The molecule has 8 heteroatoms. The first kappa shape index (κ1) is 16.3. The lowest BCUT2D eigenvalue weighted by Crippen LogP contribution is -2.31. The third-order valence-corrected chi connectivity index (χ3v) is 4.49. The number of fused-ring (bicyclic) bond motifs is 1. The summed E-state index contributed by atoms with van der Waals surface area (Å²) in [5.74, 6) is 1.27. The van der Waals surface area contributed by atoms with E-state index >= 15 is 0 Å². The highest BCUT2D eigenvalue weighted by Gasteiger charge is 2.15. The number of hydrogen-bond donors (Lipinski definition) is 4. The highest BCUT2D eigenvalue weighted by atomic mass is 16.5. The summed E-state index contributed by atoms with van der Waals surface area (Å²) in [7, 11) is 1.64. The topological polar surface area (TPSA) is 108 Å². The summed E-state index contributed by atoms with van der Waals surface area (Å²) in [6.07, 6.45) is 2.48. The van der Waals surface area contributed by atoms with Gasteiger partial charge in [-0.15, -0.1) is 0 Å². The minimum absolute atomic E-state index is 0.0680. The van der Waals surface area contributed by atoms with E-state index in [0.717, 1.165) is 40.4 Å². The van der Waals surface area contributed by atoms with Gasteiger partial charge >= 0.3 is 0 Å². The van der Waals surface area contributed by atoms with Crippen molar-refractivity contribution < 1.29 is 4.74 Å². The van der Waals surface area contributed by atoms with Gasteiger partial charge < -0.3 is 15.4 Å². The molecular weight excluding hydrogens is 332 g/mol. The first-order valence-electron chi connectivity index (χ1n) is 8.48. The first-order chi connectivity index (χ1) is 12.7. The fourth-order valence-corrected chi connectivity index (χ4v) is 3.08. The van der Waals surface area contributed by atoms with Gasteiger partial charge in [0.05, 0.1) is 24.7 Å². The summed E-state index contributed by atoms with van der Waals surface area (Å²) in [5.41, 5.74) is 4.43. The molecule has 8 nitrogen and oxygen atoms in total. The van der Waals surface area contributed by atoms with Crippen molar-refractivity contribution in [2.45, 2.75) is 19.5 Å². The van der Waals surface area contributed by atoms with Crippen molar-refractivity contribution in [2.24, 2.45) is 0 Å². The molecule has 2 aromatic heterocycles. The van der Waals surface area contributed by atoms with Gasteiger partial charge in [0, 0.05) is 29.8 Å². The molecule has 4 N–H and O–H groups in total. The summed E-state index contributed by atoms with van der Waals surface area (Å²) in [5, 5.41) is 13.6. The van der Waals surface area contributed by atoms with Crippen LogP contribution in [0, 0.1) is 0 Å². The van der Waals surface area contributed by atoms with Crippen molar-refractivity contribution in [1.29, 1.82) is 0 Å².